The lowest BCUT2D eigenvalue weighted by Crippen LogP contribution is -2.20. The number of carbonyl (C=O) groups is 1. The molecule has 3 aromatic rings. The Morgan fingerprint density at radius 3 is 3.00 bits per heavy atom. The van der Waals surface area contributed by atoms with Crippen molar-refractivity contribution in [1.82, 2.24) is 10.3 Å². The highest BCUT2D eigenvalue weighted by Crippen LogP contribution is 2.21. The Morgan fingerprint density at radius 2 is 2.23 bits per heavy atom. The van der Waals surface area contributed by atoms with Crippen LogP contribution in [-0.4, -0.2) is 10.9 Å². The first-order valence-electron chi connectivity index (χ1n) is 6.80. The third-order valence-corrected chi connectivity index (χ3v) is 3.88. The predicted molar refractivity (Wildman–Crippen MR) is 87.1 cm³/mol. The first kappa shape index (κ1) is 14.3. The normalized spacial score (nSPS) is 10.9. The van der Waals surface area contributed by atoms with Crippen molar-refractivity contribution in [2.45, 2.75) is 6.54 Å². The summed E-state index contributed by atoms with van der Waals surface area (Å²) in [5.74, 6) is 0.557. The van der Waals surface area contributed by atoms with E-state index in [9.17, 15) is 4.79 Å². The molecular formula is C17H14N2O2S. The molecule has 0 atom stereocenters. The Bertz CT molecular complexity index is 762. The molecule has 3 aromatic heterocycles. The van der Waals surface area contributed by atoms with Crippen LogP contribution in [0.3, 0.4) is 0 Å². The monoisotopic (exact) mass is 310 g/mol. The summed E-state index contributed by atoms with van der Waals surface area (Å²) < 4.78 is 5.38. The number of carbonyl (C=O) groups excluding carboxylic acids is 1. The van der Waals surface area contributed by atoms with Crippen LogP contribution in [0.1, 0.15) is 10.4 Å². The van der Waals surface area contributed by atoms with E-state index in [-0.39, 0.29) is 5.91 Å². The molecule has 0 saturated carbocycles. The van der Waals surface area contributed by atoms with E-state index in [2.05, 4.69) is 10.3 Å². The molecule has 0 radical (unpaired) electrons. The van der Waals surface area contributed by atoms with Crippen LogP contribution in [0.4, 0.5) is 0 Å². The van der Waals surface area contributed by atoms with Crippen molar-refractivity contribution in [1.29, 1.82) is 0 Å². The number of hydrogen-bond donors (Lipinski definition) is 1. The number of nitrogens with zero attached hydrogens (tertiary/aromatic N) is 1. The fourth-order valence-electron chi connectivity index (χ4n) is 2.00. The van der Waals surface area contributed by atoms with Gasteiger partial charge in [-0.05, 0) is 35.7 Å². The van der Waals surface area contributed by atoms with E-state index < -0.39 is 0 Å². The van der Waals surface area contributed by atoms with Gasteiger partial charge < -0.3 is 9.73 Å². The fraction of sp³-hybridized carbons (Fsp3) is 0.0588. The second-order valence-corrected chi connectivity index (χ2v) is 5.53. The minimum absolute atomic E-state index is 0.136. The topological polar surface area (TPSA) is 55.1 Å². The molecule has 1 N–H and O–H groups in total. The highest BCUT2D eigenvalue weighted by Gasteiger charge is 2.09. The number of thiophene rings is 1. The summed E-state index contributed by atoms with van der Waals surface area (Å²) in [5, 5.41) is 4.84. The number of nitrogens with one attached hydrogen (secondary N) is 1. The third kappa shape index (κ3) is 3.51. The average Bonchev–Trinajstić information content (AvgIpc) is 3.24. The highest BCUT2D eigenvalue weighted by molar-refractivity contribution is 7.10. The average molecular weight is 310 g/mol. The Morgan fingerprint density at radius 1 is 1.27 bits per heavy atom. The number of pyridine rings is 1. The molecule has 3 rings (SSSR count). The van der Waals surface area contributed by atoms with Crippen LogP contribution in [0, 0.1) is 0 Å². The van der Waals surface area contributed by atoms with Crippen LogP contribution in [0.15, 0.2) is 64.7 Å². The van der Waals surface area contributed by atoms with E-state index in [1.54, 1.807) is 29.9 Å². The minimum atomic E-state index is -0.136. The molecular weight excluding hydrogens is 296 g/mol. The highest BCUT2D eigenvalue weighted by atomic mass is 32.1. The molecule has 0 aromatic carbocycles. The van der Waals surface area contributed by atoms with Gasteiger partial charge in [0.15, 0.2) is 5.76 Å². The Labute approximate surface area is 132 Å². The van der Waals surface area contributed by atoms with E-state index in [1.165, 1.54) is 6.08 Å². The van der Waals surface area contributed by atoms with Gasteiger partial charge in [-0.1, -0.05) is 12.1 Å². The fourth-order valence-corrected chi connectivity index (χ4v) is 2.62. The van der Waals surface area contributed by atoms with Gasteiger partial charge in [-0.25, -0.2) is 0 Å². The van der Waals surface area contributed by atoms with Gasteiger partial charge in [-0.15, -0.1) is 11.3 Å². The Hall–Kier alpha value is -2.66. The maximum absolute atomic E-state index is 11.9. The minimum Gasteiger partial charge on any atom is -0.463 e. The summed E-state index contributed by atoms with van der Waals surface area (Å²) in [7, 11) is 0. The van der Waals surface area contributed by atoms with Gasteiger partial charge >= 0.3 is 0 Å². The number of hydrogen-bond acceptors (Lipinski definition) is 4. The predicted octanol–water partition coefficient (Wildman–Crippen LogP) is 3.73. The summed E-state index contributed by atoms with van der Waals surface area (Å²) in [6.45, 7) is 0.400. The molecule has 1 amide bonds. The van der Waals surface area contributed by atoms with Crippen LogP contribution < -0.4 is 5.32 Å². The molecule has 110 valence electrons. The molecule has 3 heterocycles. The lowest BCUT2D eigenvalue weighted by Gasteiger charge is -2.06. The molecule has 0 aliphatic carbocycles. The molecule has 0 aliphatic heterocycles. The van der Waals surface area contributed by atoms with Crippen molar-refractivity contribution in [2.75, 3.05) is 0 Å². The zero-order valence-electron chi connectivity index (χ0n) is 11.7. The van der Waals surface area contributed by atoms with Gasteiger partial charge in [0.25, 0.3) is 0 Å². The standard InChI is InChI=1S/C17H14N2O2S/c20-16(8-7-14-5-3-11-22-14)19-12-13-4-1-9-18-17(13)15-6-2-10-21-15/h1-11H,12H2,(H,19,20)/b8-7+. The van der Waals surface area contributed by atoms with Crippen LogP contribution in [0.2, 0.25) is 0 Å². The number of rotatable bonds is 5. The SMILES string of the molecule is O=C(/C=C/c1cccs1)NCc1cccnc1-c1ccco1. The van der Waals surface area contributed by atoms with Crippen molar-refractivity contribution >= 4 is 23.3 Å². The van der Waals surface area contributed by atoms with E-state index >= 15 is 0 Å². The second-order valence-electron chi connectivity index (χ2n) is 4.55. The summed E-state index contributed by atoms with van der Waals surface area (Å²) in [6.07, 6.45) is 6.65. The largest absolute Gasteiger partial charge is 0.463 e. The van der Waals surface area contributed by atoms with Crippen LogP contribution >= 0.6 is 11.3 Å². The molecule has 0 bridgehead atoms. The molecule has 5 heteroatoms. The Kier molecular flexibility index (Phi) is 4.46. The lowest BCUT2D eigenvalue weighted by atomic mass is 10.1. The third-order valence-electron chi connectivity index (χ3n) is 3.04. The van der Waals surface area contributed by atoms with Gasteiger partial charge in [0.2, 0.25) is 5.91 Å². The maximum atomic E-state index is 11.9. The zero-order valence-corrected chi connectivity index (χ0v) is 12.5. The van der Waals surface area contributed by atoms with Crippen molar-refractivity contribution in [3.63, 3.8) is 0 Å². The van der Waals surface area contributed by atoms with E-state index in [0.717, 1.165) is 16.1 Å². The zero-order chi connectivity index (χ0) is 15.2. The molecule has 0 aliphatic rings. The van der Waals surface area contributed by atoms with Gasteiger partial charge in [0.05, 0.1) is 6.26 Å². The summed E-state index contributed by atoms with van der Waals surface area (Å²) >= 11 is 1.59. The smallest absolute Gasteiger partial charge is 0.244 e. The van der Waals surface area contributed by atoms with Crippen molar-refractivity contribution in [3.8, 4) is 11.5 Å². The number of amides is 1. The van der Waals surface area contributed by atoms with E-state index in [4.69, 9.17) is 4.42 Å². The summed E-state index contributed by atoms with van der Waals surface area (Å²) in [5.41, 5.74) is 1.66. The molecule has 0 saturated heterocycles. The molecule has 0 unspecified atom stereocenters. The van der Waals surface area contributed by atoms with Crippen molar-refractivity contribution < 1.29 is 9.21 Å². The summed E-state index contributed by atoms with van der Waals surface area (Å²) in [4.78, 5) is 17.2. The summed E-state index contributed by atoms with van der Waals surface area (Å²) in [6, 6.07) is 11.3. The van der Waals surface area contributed by atoms with Crippen LogP contribution in [0.5, 0.6) is 0 Å². The first-order valence-corrected chi connectivity index (χ1v) is 7.68. The van der Waals surface area contributed by atoms with E-state index in [1.807, 2.05) is 41.8 Å². The van der Waals surface area contributed by atoms with Crippen molar-refractivity contribution in [2.24, 2.45) is 0 Å². The number of furan rings is 1. The van der Waals surface area contributed by atoms with Gasteiger partial charge in [0.1, 0.15) is 5.69 Å². The van der Waals surface area contributed by atoms with Gasteiger partial charge in [0, 0.05) is 29.3 Å². The van der Waals surface area contributed by atoms with Crippen molar-refractivity contribution in [3.05, 3.63) is 70.8 Å². The van der Waals surface area contributed by atoms with Gasteiger partial charge in [-0.2, -0.15) is 0 Å². The quantitative estimate of drug-likeness (QED) is 0.731. The first-order chi connectivity index (χ1) is 10.8. The molecule has 22 heavy (non-hydrogen) atoms. The van der Waals surface area contributed by atoms with Gasteiger partial charge in [-0.3, -0.25) is 9.78 Å². The Balaban J connectivity index is 1.66. The van der Waals surface area contributed by atoms with Crippen LogP contribution in [-0.2, 0) is 11.3 Å². The molecule has 4 nitrogen and oxygen atoms in total. The van der Waals surface area contributed by atoms with E-state index in [0.29, 0.717) is 12.3 Å². The number of aromatic nitrogens is 1. The molecule has 0 fully saturated rings. The molecule has 0 spiro atoms. The lowest BCUT2D eigenvalue weighted by molar-refractivity contribution is -0.116. The van der Waals surface area contributed by atoms with Crippen LogP contribution in [0.25, 0.3) is 17.5 Å². The second kappa shape index (κ2) is 6.87. The maximum Gasteiger partial charge on any atom is 0.244 e.